The Labute approximate surface area is 121 Å². The van der Waals surface area contributed by atoms with Crippen LogP contribution in [0.2, 0.25) is 0 Å². The minimum Gasteiger partial charge on any atom is -0.508 e. The zero-order valence-corrected chi connectivity index (χ0v) is 12.9. The molecule has 0 aromatic heterocycles. The molecule has 0 amide bonds. The van der Waals surface area contributed by atoms with E-state index in [0.717, 1.165) is 12.0 Å². The van der Waals surface area contributed by atoms with Gasteiger partial charge in [0.1, 0.15) is 18.1 Å². The number of Topliss-reactive ketones (excluding diaryl/α,β-unsaturated/α-hetero) is 1. The summed E-state index contributed by atoms with van der Waals surface area (Å²) in [5.74, 6) is 0.862. The third kappa shape index (κ3) is 8.53. The van der Waals surface area contributed by atoms with Gasteiger partial charge in [0.25, 0.3) is 0 Å². The molecule has 1 rings (SSSR count). The predicted octanol–water partition coefficient (Wildman–Crippen LogP) is 3.36. The van der Waals surface area contributed by atoms with Crippen molar-refractivity contribution < 1.29 is 19.4 Å². The van der Waals surface area contributed by atoms with Gasteiger partial charge in [-0.15, -0.1) is 0 Å². The highest BCUT2D eigenvalue weighted by molar-refractivity contribution is 5.76. The van der Waals surface area contributed by atoms with Crippen LogP contribution in [-0.4, -0.2) is 30.7 Å². The van der Waals surface area contributed by atoms with Gasteiger partial charge in [0, 0.05) is 6.07 Å². The van der Waals surface area contributed by atoms with Gasteiger partial charge in [-0.05, 0) is 37.5 Å². The summed E-state index contributed by atoms with van der Waals surface area (Å²) in [6.07, 6.45) is 1.57. The average molecular weight is 282 g/mol. The van der Waals surface area contributed by atoms with Gasteiger partial charge in [0.2, 0.25) is 0 Å². The van der Waals surface area contributed by atoms with Gasteiger partial charge >= 0.3 is 0 Å². The molecule has 0 heterocycles. The lowest BCUT2D eigenvalue weighted by Crippen LogP contribution is -2.06. The number of rotatable bonds is 8. The molecule has 0 aliphatic heterocycles. The van der Waals surface area contributed by atoms with Gasteiger partial charge in [-0.3, -0.25) is 4.79 Å². The third-order valence-corrected chi connectivity index (χ3v) is 2.26. The maximum absolute atomic E-state index is 10.7. The van der Waals surface area contributed by atoms with Crippen LogP contribution in [0.25, 0.3) is 0 Å². The highest BCUT2D eigenvalue weighted by Crippen LogP contribution is 2.22. The molecule has 0 bridgehead atoms. The average Bonchev–Trinajstić information content (AvgIpc) is 2.43. The number of phenols is 1. The minimum atomic E-state index is 0.0119. The van der Waals surface area contributed by atoms with Crippen LogP contribution < -0.4 is 4.74 Å². The van der Waals surface area contributed by atoms with Crippen LogP contribution in [0.5, 0.6) is 11.5 Å². The van der Waals surface area contributed by atoms with E-state index >= 15 is 0 Å². The molecule has 0 aliphatic rings. The number of phenolic OH excluding ortho intramolecular Hbond substituents is 1. The largest absolute Gasteiger partial charge is 0.508 e. The first-order valence-electron chi connectivity index (χ1n) is 7.14. The van der Waals surface area contributed by atoms with Crippen LogP contribution in [0, 0.1) is 0 Å². The fraction of sp³-hybridized carbons (Fsp3) is 0.562. The summed E-state index contributed by atoms with van der Waals surface area (Å²) in [4.78, 5) is 10.7. The molecule has 4 heteroatoms. The molecule has 0 fully saturated rings. The third-order valence-electron chi connectivity index (χ3n) is 2.26. The zero-order chi connectivity index (χ0) is 15.4. The molecule has 0 unspecified atom stereocenters. The quantitative estimate of drug-likeness (QED) is 0.743. The monoisotopic (exact) mass is 282 g/mol. The van der Waals surface area contributed by atoms with E-state index in [-0.39, 0.29) is 18.1 Å². The molecule has 0 radical (unpaired) electrons. The molecule has 0 saturated heterocycles. The van der Waals surface area contributed by atoms with Crippen molar-refractivity contribution in [1.82, 2.24) is 0 Å². The summed E-state index contributed by atoms with van der Waals surface area (Å²) in [6.45, 7) is 8.74. The van der Waals surface area contributed by atoms with Crippen LogP contribution >= 0.6 is 0 Å². The Morgan fingerprint density at radius 1 is 1.20 bits per heavy atom. The molecule has 0 aliphatic carbocycles. The second-order valence-corrected chi connectivity index (χ2v) is 4.19. The Bertz CT molecular complexity index is 388. The van der Waals surface area contributed by atoms with E-state index in [4.69, 9.17) is 9.47 Å². The van der Waals surface area contributed by atoms with Crippen LogP contribution in [0.1, 0.15) is 39.7 Å². The van der Waals surface area contributed by atoms with Crippen molar-refractivity contribution in [3.63, 3.8) is 0 Å². The molecule has 0 atom stereocenters. The van der Waals surface area contributed by atoms with Crippen molar-refractivity contribution in [2.24, 2.45) is 0 Å². The van der Waals surface area contributed by atoms with E-state index in [1.54, 1.807) is 12.1 Å². The second-order valence-electron chi connectivity index (χ2n) is 4.19. The number of ether oxygens (including phenoxy) is 2. The first kappa shape index (κ1) is 18.4. The molecular weight excluding hydrogens is 256 g/mol. The molecule has 4 nitrogen and oxygen atoms in total. The number of carbonyl (C=O) groups is 1. The fourth-order valence-corrected chi connectivity index (χ4v) is 1.50. The Kier molecular flexibility index (Phi) is 10.4. The van der Waals surface area contributed by atoms with Crippen LogP contribution in [0.3, 0.4) is 0 Å². The summed E-state index contributed by atoms with van der Waals surface area (Å²) in [5, 5.41) is 9.56. The standard InChI is InChI=1S/C14H20O4.C2H6/c1-3-5-18-14-8-12(7-13(16)9-14)4-6-17-10-11(2)15;1-2/h7-9,16H,3-6,10H2,1-2H3;1-2H3. The van der Waals surface area contributed by atoms with E-state index in [2.05, 4.69) is 0 Å². The topological polar surface area (TPSA) is 55.8 Å². The first-order valence-corrected chi connectivity index (χ1v) is 7.14. The van der Waals surface area contributed by atoms with E-state index < -0.39 is 0 Å². The molecule has 114 valence electrons. The normalized spacial score (nSPS) is 9.60. The summed E-state index contributed by atoms with van der Waals surface area (Å²) >= 11 is 0. The second kappa shape index (κ2) is 11.3. The predicted molar refractivity (Wildman–Crippen MR) is 80.4 cm³/mol. The Balaban J connectivity index is 0.00000172. The number of hydrogen-bond donors (Lipinski definition) is 1. The van der Waals surface area contributed by atoms with Crippen molar-refractivity contribution in [3.05, 3.63) is 23.8 Å². The zero-order valence-electron chi connectivity index (χ0n) is 12.9. The van der Waals surface area contributed by atoms with Gasteiger partial charge in [-0.2, -0.15) is 0 Å². The Morgan fingerprint density at radius 2 is 1.90 bits per heavy atom. The van der Waals surface area contributed by atoms with E-state index in [1.165, 1.54) is 6.92 Å². The van der Waals surface area contributed by atoms with E-state index in [0.29, 0.717) is 25.4 Å². The SMILES string of the molecule is CC.CCCOc1cc(O)cc(CCOCC(C)=O)c1. The summed E-state index contributed by atoms with van der Waals surface area (Å²) in [6, 6.07) is 5.15. The minimum absolute atomic E-state index is 0.0119. The number of aromatic hydroxyl groups is 1. The number of ketones is 1. The first-order chi connectivity index (χ1) is 9.61. The molecule has 20 heavy (non-hydrogen) atoms. The van der Waals surface area contributed by atoms with Gasteiger partial charge in [0.15, 0.2) is 5.78 Å². The highest BCUT2D eigenvalue weighted by Gasteiger charge is 2.02. The van der Waals surface area contributed by atoms with Crippen LogP contribution in [0.4, 0.5) is 0 Å². The van der Waals surface area contributed by atoms with Crippen LogP contribution in [0.15, 0.2) is 18.2 Å². The Morgan fingerprint density at radius 3 is 2.50 bits per heavy atom. The molecule has 1 aromatic carbocycles. The molecular formula is C16H26O4. The number of benzene rings is 1. The summed E-state index contributed by atoms with van der Waals surface area (Å²) in [5.41, 5.74) is 0.935. The molecule has 1 N–H and O–H groups in total. The van der Waals surface area contributed by atoms with Crippen molar-refractivity contribution in [1.29, 1.82) is 0 Å². The smallest absolute Gasteiger partial charge is 0.155 e. The Hall–Kier alpha value is -1.55. The lowest BCUT2D eigenvalue weighted by Gasteiger charge is -2.08. The van der Waals surface area contributed by atoms with Crippen molar-refractivity contribution in [2.75, 3.05) is 19.8 Å². The van der Waals surface area contributed by atoms with Gasteiger partial charge in [0.05, 0.1) is 13.2 Å². The van der Waals surface area contributed by atoms with Crippen molar-refractivity contribution in [3.8, 4) is 11.5 Å². The molecule has 1 aromatic rings. The van der Waals surface area contributed by atoms with Crippen molar-refractivity contribution in [2.45, 2.75) is 40.5 Å². The molecule has 0 saturated carbocycles. The summed E-state index contributed by atoms with van der Waals surface area (Å²) in [7, 11) is 0. The number of carbonyl (C=O) groups excluding carboxylic acids is 1. The van der Waals surface area contributed by atoms with Gasteiger partial charge in [-0.1, -0.05) is 20.8 Å². The highest BCUT2D eigenvalue weighted by atomic mass is 16.5. The van der Waals surface area contributed by atoms with Crippen molar-refractivity contribution >= 4 is 5.78 Å². The van der Waals surface area contributed by atoms with Gasteiger partial charge < -0.3 is 14.6 Å². The number of hydrogen-bond acceptors (Lipinski definition) is 4. The van der Waals surface area contributed by atoms with E-state index in [1.807, 2.05) is 26.8 Å². The van der Waals surface area contributed by atoms with E-state index in [9.17, 15) is 9.90 Å². The fourth-order valence-electron chi connectivity index (χ4n) is 1.50. The molecule has 0 spiro atoms. The lowest BCUT2D eigenvalue weighted by molar-refractivity contribution is -0.121. The maximum atomic E-state index is 10.7. The summed E-state index contributed by atoms with van der Waals surface area (Å²) < 4.78 is 10.7. The van der Waals surface area contributed by atoms with Gasteiger partial charge in [-0.25, -0.2) is 0 Å². The maximum Gasteiger partial charge on any atom is 0.155 e. The lowest BCUT2D eigenvalue weighted by atomic mass is 10.1. The van der Waals surface area contributed by atoms with Crippen LogP contribution in [-0.2, 0) is 16.0 Å².